The third-order valence-electron chi connectivity index (χ3n) is 3.30. The molecule has 0 saturated carbocycles. The van der Waals surface area contributed by atoms with Gasteiger partial charge in [-0.25, -0.2) is 9.37 Å². The fraction of sp³-hybridized carbons (Fsp3) is 0.0588. The van der Waals surface area contributed by atoms with Crippen LogP contribution >= 0.6 is 0 Å². The van der Waals surface area contributed by atoms with E-state index >= 15 is 0 Å². The summed E-state index contributed by atoms with van der Waals surface area (Å²) in [5.41, 5.74) is 3.59. The van der Waals surface area contributed by atoms with Crippen molar-refractivity contribution in [2.45, 2.75) is 6.92 Å². The van der Waals surface area contributed by atoms with E-state index in [0.717, 1.165) is 16.5 Å². The number of halogens is 1. The number of pyridine rings is 1. The Balaban J connectivity index is 2.35. The first-order valence-corrected chi connectivity index (χ1v) is 6.25. The van der Waals surface area contributed by atoms with Crippen molar-refractivity contribution in [3.63, 3.8) is 0 Å². The maximum atomic E-state index is 13.3. The number of nitriles is 1. The van der Waals surface area contributed by atoms with E-state index in [4.69, 9.17) is 0 Å². The molecule has 0 aliphatic rings. The van der Waals surface area contributed by atoms with Crippen LogP contribution in [0.25, 0.3) is 22.2 Å². The number of benzene rings is 2. The molecule has 0 aliphatic carbocycles. The van der Waals surface area contributed by atoms with Crippen molar-refractivity contribution in [1.82, 2.24) is 4.98 Å². The lowest BCUT2D eigenvalue weighted by Gasteiger charge is -2.08. The van der Waals surface area contributed by atoms with Gasteiger partial charge in [-0.3, -0.25) is 0 Å². The molecule has 20 heavy (non-hydrogen) atoms. The van der Waals surface area contributed by atoms with Crippen LogP contribution in [0, 0.1) is 24.1 Å². The zero-order valence-corrected chi connectivity index (χ0v) is 10.9. The normalized spacial score (nSPS) is 10.4. The number of fused-ring (bicyclic) bond motifs is 1. The molecule has 2 nitrogen and oxygen atoms in total. The highest BCUT2D eigenvalue weighted by molar-refractivity contribution is 5.85. The summed E-state index contributed by atoms with van der Waals surface area (Å²) in [7, 11) is 0. The Bertz CT molecular complexity index is 847. The van der Waals surface area contributed by atoms with E-state index in [0.29, 0.717) is 16.8 Å². The van der Waals surface area contributed by atoms with Gasteiger partial charge in [-0.1, -0.05) is 24.3 Å². The van der Waals surface area contributed by atoms with E-state index in [1.165, 1.54) is 12.1 Å². The van der Waals surface area contributed by atoms with Crippen LogP contribution in [0.5, 0.6) is 0 Å². The predicted molar refractivity (Wildman–Crippen MR) is 76.6 cm³/mol. The molecular weight excluding hydrogens is 251 g/mol. The van der Waals surface area contributed by atoms with Crippen LogP contribution in [0.1, 0.15) is 11.1 Å². The van der Waals surface area contributed by atoms with Crippen LogP contribution in [0.3, 0.4) is 0 Å². The second-order valence-electron chi connectivity index (χ2n) is 4.65. The van der Waals surface area contributed by atoms with Crippen LogP contribution in [-0.4, -0.2) is 4.98 Å². The van der Waals surface area contributed by atoms with Crippen LogP contribution < -0.4 is 0 Å². The summed E-state index contributed by atoms with van der Waals surface area (Å²) in [5.74, 6) is -0.328. The minimum absolute atomic E-state index is 0.328. The van der Waals surface area contributed by atoms with Crippen LogP contribution in [0.15, 0.2) is 48.5 Å². The second kappa shape index (κ2) is 4.75. The second-order valence-corrected chi connectivity index (χ2v) is 4.65. The zero-order valence-electron chi connectivity index (χ0n) is 10.9. The topological polar surface area (TPSA) is 36.7 Å². The summed E-state index contributed by atoms with van der Waals surface area (Å²) in [6.45, 7) is 1.97. The third kappa shape index (κ3) is 2.02. The molecule has 0 bridgehead atoms. The molecule has 3 heteroatoms. The van der Waals surface area contributed by atoms with E-state index < -0.39 is 0 Å². The Kier molecular flexibility index (Phi) is 2.92. The van der Waals surface area contributed by atoms with Crippen molar-refractivity contribution in [1.29, 1.82) is 5.26 Å². The van der Waals surface area contributed by atoms with Crippen molar-refractivity contribution in [2.75, 3.05) is 0 Å². The fourth-order valence-electron chi connectivity index (χ4n) is 2.27. The lowest BCUT2D eigenvalue weighted by Crippen LogP contribution is -1.93. The maximum absolute atomic E-state index is 13.3. The van der Waals surface area contributed by atoms with Gasteiger partial charge in [-0.15, -0.1) is 0 Å². The predicted octanol–water partition coefficient (Wildman–Crippen LogP) is 4.22. The van der Waals surface area contributed by atoms with Gasteiger partial charge in [0, 0.05) is 17.0 Å². The zero-order chi connectivity index (χ0) is 14.1. The van der Waals surface area contributed by atoms with Crippen molar-refractivity contribution < 1.29 is 4.39 Å². The molecule has 0 unspecified atom stereocenters. The van der Waals surface area contributed by atoms with Crippen LogP contribution in [0.2, 0.25) is 0 Å². The Morgan fingerprint density at radius 2 is 1.90 bits per heavy atom. The summed E-state index contributed by atoms with van der Waals surface area (Å²) < 4.78 is 13.3. The van der Waals surface area contributed by atoms with E-state index in [-0.39, 0.29) is 5.82 Å². The van der Waals surface area contributed by atoms with E-state index in [1.54, 1.807) is 12.1 Å². The summed E-state index contributed by atoms with van der Waals surface area (Å²) in [5, 5.41) is 10.1. The molecule has 0 N–H and O–H groups in total. The molecule has 1 heterocycles. The quantitative estimate of drug-likeness (QED) is 0.658. The largest absolute Gasteiger partial charge is 0.246 e. The first-order chi connectivity index (χ1) is 9.69. The Labute approximate surface area is 116 Å². The summed E-state index contributed by atoms with van der Waals surface area (Å²) in [6, 6.07) is 16.1. The first-order valence-electron chi connectivity index (χ1n) is 6.25. The van der Waals surface area contributed by atoms with E-state index in [2.05, 4.69) is 11.1 Å². The van der Waals surface area contributed by atoms with Crippen LogP contribution in [-0.2, 0) is 0 Å². The van der Waals surface area contributed by atoms with Crippen LogP contribution in [0.4, 0.5) is 4.39 Å². The number of nitrogens with zero attached hydrogens (tertiary/aromatic N) is 2. The smallest absolute Gasteiger partial charge is 0.125 e. The molecule has 3 aromatic rings. The SMILES string of the molecule is Cc1ccccc1-c1nc2cc(F)ccc2cc1C#N. The number of hydrogen-bond donors (Lipinski definition) is 0. The molecule has 2 aromatic carbocycles. The highest BCUT2D eigenvalue weighted by Crippen LogP contribution is 2.27. The fourth-order valence-corrected chi connectivity index (χ4v) is 2.27. The number of hydrogen-bond acceptors (Lipinski definition) is 2. The Morgan fingerprint density at radius 1 is 1.10 bits per heavy atom. The van der Waals surface area contributed by atoms with Gasteiger partial charge in [0.05, 0.1) is 16.8 Å². The summed E-state index contributed by atoms with van der Waals surface area (Å²) >= 11 is 0. The number of aryl methyl sites for hydroxylation is 1. The van der Waals surface area contributed by atoms with Crippen molar-refractivity contribution in [2.24, 2.45) is 0 Å². The van der Waals surface area contributed by atoms with Gasteiger partial charge in [-0.05, 0) is 30.7 Å². The monoisotopic (exact) mass is 262 g/mol. The van der Waals surface area contributed by atoms with Crippen molar-refractivity contribution in [3.05, 3.63) is 65.5 Å². The van der Waals surface area contributed by atoms with Gasteiger partial charge < -0.3 is 0 Å². The van der Waals surface area contributed by atoms with Gasteiger partial charge in [0.25, 0.3) is 0 Å². The molecule has 0 aliphatic heterocycles. The molecule has 0 radical (unpaired) electrons. The van der Waals surface area contributed by atoms with Gasteiger partial charge in [0.2, 0.25) is 0 Å². The molecule has 0 spiro atoms. The standard InChI is InChI=1S/C17H11FN2/c1-11-4-2-3-5-15(11)17-13(10-19)8-12-6-7-14(18)9-16(12)20-17/h2-9H,1H3. The summed E-state index contributed by atoms with van der Waals surface area (Å²) in [6.07, 6.45) is 0. The molecule has 0 atom stereocenters. The number of aromatic nitrogens is 1. The minimum atomic E-state index is -0.328. The molecule has 1 aromatic heterocycles. The van der Waals surface area contributed by atoms with Gasteiger partial charge in [0.15, 0.2) is 0 Å². The molecule has 0 fully saturated rings. The van der Waals surface area contributed by atoms with Gasteiger partial charge in [-0.2, -0.15) is 5.26 Å². The molecule has 3 rings (SSSR count). The highest BCUT2D eigenvalue weighted by Gasteiger charge is 2.11. The lowest BCUT2D eigenvalue weighted by molar-refractivity contribution is 0.629. The Hall–Kier alpha value is -2.73. The van der Waals surface area contributed by atoms with Gasteiger partial charge >= 0.3 is 0 Å². The summed E-state index contributed by atoms with van der Waals surface area (Å²) in [4.78, 5) is 4.48. The number of rotatable bonds is 1. The molecule has 0 amide bonds. The van der Waals surface area contributed by atoms with E-state index in [1.807, 2.05) is 31.2 Å². The maximum Gasteiger partial charge on any atom is 0.125 e. The lowest BCUT2D eigenvalue weighted by atomic mass is 10.0. The Morgan fingerprint density at radius 3 is 2.65 bits per heavy atom. The average Bonchev–Trinajstić information content (AvgIpc) is 2.46. The molecular formula is C17H11FN2. The minimum Gasteiger partial charge on any atom is -0.246 e. The molecule has 0 saturated heterocycles. The average molecular weight is 262 g/mol. The third-order valence-corrected chi connectivity index (χ3v) is 3.30. The highest BCUT2D eigenvalue weighted by atomic mass is 19.1. The van der Waals surface area contributed by atoms with Gasteiger partial charge in [0.1, 0.15) is 11.9 Å². The van der Waals surface area contributed by atoms with E-state index in [9.17, 15) is 9.65 Å². The first kappa shape index (κ1) is 12.3. The van der Waals surface area contributed by atoms with Crippen molar-refractivity contribution in [3.8, 4) is 17.3 Å². The molecule has 96 valence electrons. The van der Waals surface area contributed by atoms with Crippen molar-refractivity contribution >= 4 is 10.9 Å².